The van der Waals surface area contributed by atoms with Gasteiger partial charge < -0.3 is 20.1 Å². The molecule has 0 bridgehead atoms. The van der Waals surface area contributed by atoms with Crippen molar-refractivity contribution in [3.8, 4) is 5.69 Å². The molecular formula is C13H17N3O4. The van der Waals surface area contributed by atoms with Crippen LogP contribution in [0.5, 0.6) is 0 Å². The number of hydrogen-bond donors (Lipinski definition) is 3. The molecule has 0 fully saturated rings. The first-order valence-corrected chi connectivity index (χ1v) is 6.14. The average molecular weight is 279 g/mol. The third kappa shape index (κ3) is 3.20. The minimum Gasteiger partial charge on any atom is -0.388 e. The zero-order valence-corrected chi connectivity index (χ0v) is 11.0. The van der Waals surface area contributed by atoms with Crippen LogP contribution in [0, 0.1) is 0 Å². The highest BCUT2D eigenvalue weighted by Crippen LogP contribution is 2.17. The van der Waals surface area contributed by atoms with E-state index in [9.17, 15) is 15.3 Å². The van der Waals surface area contributed by atoms with Crippen LogP contribution >= 0.6 is 0 Å². The van der Waals surface area contributed by atoms with Crippen molar-refractivity contribution in [1.29, 1.82) is 0 Å². The van der Waals surface area contributed by atoms with Crippen molar-refractivity contribution >= 4 is 0 Å². The Labute approximate surface area is 116 Å². The highest BCUT2D eigenvalue weighted by Gasteiger charge is 2.28. The minimum atomic E-state index is -1.39. The fraction of sp³-hybridized carbons (Fsp3) is 0.385. The summed E-state index contributed by atoms with van der Waals surface area (Å²) in [7, 11) is 1.40. The smallest absolute Gasteiger partial charge is 0.128 e. The molecule has 0 amide bonds. The van der Waals surface area contributed by atoms with Crippen molar-refractivity contribution in [2.24, 2.45) is 0 Å². The molecule has 1 heterocycles. The topological polar surface area (TPSA) is 101 Å². The first kappa shape index (κ1) is 14.6. The van der Waals surface area contributed by atoms with Crippen LogP contribution in [0.3, 0.4) is 0 Å². The van der Waals surface area contributed by atoms with E-state index in [1.165, 1.54) is 18.1 Å². The second kappa shape index (κ2) is 6.58. The monoisotopic (exact) mass is 279 g/mol. The van der Waals surface area contributed by atoms with Gasteiger partial charge in [-0.1, -0.05) is 18.2 Å². The molecule has 108 valence electrons. The summed E-state index contributed by atoms with van der Waals surface area (Å²) < 4.78 is 4.72. The van der Waals surface area contributed by atoms with E-state index in [0.29, 0.717) is 0 Å². The number of nitrogens with zero attached hydrogens (tertiary/aromatic N) is 3. The Morgan fingerprint density at radius 3 is 2.55 bits per heavy atom. The molecule has 1 aromatic heterocycles. The maximum absolute atomic E-state index is 9.96. The van der Waals surface area contributed by atoms with Gasteiger partial charge in [0.2, 0.25) is 0 Å². The first-order chi connectivity index (χ1) is 9.63. The molecule has 0 spiro atoms. The molecule has 7 nitrogen and oxygen atoms in total. The lowest BCUT2D eigenvalue weighted by Crippen LogP contribution is -2.35. The zero-order chi connectivity index (χ0) is 14.5. The van der Waals surface area contributed by atoms with Crippen LogP contribution in [-0.2, 0) is 4.74 Å². The number of aromatic nitrogens is 3. The fourth-order valence-corrected chi connectivity index (χ4v) is 1.75. The molecule has 0 saturated heterocycles. The Balaban J connectivity index is 2.12. The van der Waals surface area contributed by atoms with Crippen molar-refractivity contribution < 1.29 is 20.1 Å². The molecule has 7 heteroatoms. The second-order valence-electron chi connectivity index (χ2n) is 4.35. The molecule has 0 aliphatic carbocycles. The Morgan fingerprint density at radius 2 is 1.90 bits per heavy atom. The van der Waals surface area contributed by atoms with Gasteiger partial charge in [0.05, 0.1) is 18.5 Å². The van der Waals surface area contributed by atoms with Crippen molar-refractivity contribution in [1.82, 2.24) is 15.0 Å². The van der Waals surface area contributed by atoms with Crippen molar-refractivity contribution in [3.05, 3.63) is 42.2 Å². The van der Waals surface area contributed by atoms with Gasteiger partial charge in [-0.25, -0.2) is 0 Å². The van der Waals surface area contributed by atoms with Gasteiger partial charge in [-0.15, -0.1) is 0 Å². The van der Waals surface area contributed by atoms with Gasteiger partial charge in [0.15, 0.2) is 0 Å². The Hall–Kier alpha value is -1.80. The van der Waals surface area contributed by atoms with Crippen LogP contribution in [0.1, 0.15) is 11.8 Å². The summed E-state index contributed by atoms with van der Waals surface area (Å²) in [5.41, 5.74) is 0.911. The Bertz CT molecular complexity index is 531. The lowest BCUT2D eigenvalue weighted by molar-refractivity contribution is -0.0847. The summed E-state index contributed by atoms with van der Waals surface area (Å²) in [6, 6.07) is 9.17. The molecule has 0 aliphatic heterocycles. The van der Waals surface area contributed by atoms with Crippen LogP contribution in [-0.4, -0.2) is 56.2 Å². The van der Waals surface area contributed by atoms with Gasteiger partial charge in [0.1, 0.15) is 24.0 Å². The van der Waals surface area contributed by atoms with Gasteiger partial charge >= 0.3 is 0 Å². The van der Waals surface area contributed by atoms with E-state index in [1.54, 1.807) is 0 Å². The largest absolute Gasteiger partial charge is 0.388 e. The molecule has 3 atom stereocenters. The maximum Gasteiger partial charge on any atom is 0.128 e. The SMILES string of the molecule is COCC(O)C(O)C(O)c1cnn(-c2ccccc2)n1. The molecule has 0 radical (unpaired) electrons. The lowest BCUT2D eigenvalue weighted by Gasteiger charge is -2.20. The molecule has 20 heavy (non-hydrogen) atoms. The molecule has 3 unspecified atom stereocenters. The summed E-state index contributed by atoms with van der Waals surface area (Å²) in [4.78, 5) is 1.34. The van der Waals surface area contributed by atoms with Gasteiger partial charge in [0.25, 0.3) is 0 Å². The predicted molar refractivity (Wildman–Crippen MR) is 70.2 cm³/mol. The van der Waals surface area contributed by atoms with E-state index >= 15 is 0 Å². The highest BCUT2D eigenvalue weighted by atomic mass is 16.5. The zero-order valence-electron chi connectivity index (χ0n) is 11.0. The number of ether oxygens (including phenoxy) is 1. The van der Waals surface area contributed by atoms with Gasteiger partial charge in [-0.3, -0.25) is 0 Å². The second-order valence-corrected chi connectivity index (χ2v) is 4.35. The summed E-state index contributed by atoms with van der Waals surface area (Å²) >= 11 is 0. The van der Waals surface area contributed by atoms with Crippen LogP contribution < -0.4 is 0 Å². The molecule has 1 aromatic carbocycles. The molecular weight excluding hydrogens is 262 g/mol. The average Bonchev–Trinajstić information content (AvgIpc) is 2.96. The van der Waals surface area contributed by atoms with E-state index in [-0.39, 0.29) is 12.3 Å². The number of benzene rings is 1. The summed E-state index contributed by atoms with van der Waals surface area (Å²) in [6.07, 6.45) is -2.58. The van der Waals surface area contributed by atoms with Crippen LogP contribution in [0.15, 0.2) is 36.5 Å². The van der Waals surface area contributed by atoms with Crippen LogP contribution in [0.2, 0.25) is 0 Å². The summed E-state index contributed by atoms with van der Waals surface area (Å²) in [5, 5.41) is 37.4. The first-order valence-electron chi connectivity index (χ1n) is 6.14. The van der Waals surface area contributed by atoms with Crippen molar-refractivity contribution in [2.75, 3.05) is 13.7 Å². The van der Waals surface area contributed by atoms with E-state index in [0.717, 1.165) is 5.69 Å². The third-order valence-electron chi connectivity index (χ3n) is 2.85. The number of aliphatic hydroxyl groups is 3. The van der Waals surface area contributed by atoms with Crippen molar-refractivity contribution in [3.63, 3.8) is 0 Å². The molecule has 3 N–H and O–H groups in total. The minimum absolute atomic E-state index is 0.0783. The van der Waals surface area contributed by atoms with Crippen molar-refractivity contribution in [2.45, 2.75) is 18.3 Å². The molecule has 2 aromatic rings. The Morgan fingerprint density at radius 1 is 1.20 bits per heavy atom. The van der Waals surface area contributed by atoms with Gasteiger partial charge in [-0.2, -0.15) is 15.0 Å². The van der Waals surface area contributed by atoms with E-state index in [1.807, 2.05) is 30.3 Å². The summed E-state index contributed by atoms with van der Waals surface area (Å²) in [5.74, 6) is 0. The molecule has 0 aliphatic rings. The van der Waals surface area contributed by atoms with E-state index in [4.69, 9.17) is 4.74 Å². The fourth-order valence-electron chi connectivity index (χ4n) is 1.75. The normalized spacial score (nSPS) is 15.8. The summed E-state index contributed by atoms with van der Waals surface area (Å²) in [6.45, 7) is -0.0783. The standard InChI is InChI=1S/C13H17N3O4/c1-20-8-11(17)13(19)12(18)10-7-14-16(15-10)9-5-3-2-4-6-9/h2-7,11-13,17-19H,8H2,1H3. The van der Waals surface area contributed by atoms with Gasteiger partial charge in [-0.05, 0) is 12.1 Å². The lowest BCUT2D eigenvalue weighted by atomic mass is 10.1. The number of aliphatic hydroxyl groups excluding tert-OH is 3. The van der Waals surface area contributed by atoms with Crippen LogP contribution in [0.25, 0.3) is 5.69 Å². The highest BCUT2D eigenvalue weighted by molar-refractivity contribution is 5.28. The quantitative estimate of drug-likeness (QED) is 0.669. The predicted octanol–water partition coefficient (Wildman–Crippen LogP) is -0.331. The maximum atomic E-state index is 9.96. The third-order valence-corrected chi connectivity index (χ3v) is 2.85. The number of para-hydroxylation sites is 1. The van der Waals surface area contributed by atoms with Crippen LogP contribution in [0.4, 0.5) is 0 Å². The Kier molecular flexibility index (Phi) is 4.80. The molecule has 2 rings (SSSR count). The number of rotatable bonds is 6. The number of methoxy groups -OCH3 is 1. The number of hydrogen-bond acceptors (Lipinski definition) is 6. The van der Waals surface area contributed by atoms with Gasteiger partial charge in [0, 0.05) is 7.11 Å². The van der Waals surface area contributed by atoms with E-state index in [2.05, 4.69) is 10.2 Å². The molecule has 0 saturated carbocycles. The van der Waals surface area contributed by atoms with E-state index < -0.39 is 18.3 Å².